The van der Waals surface area contributed by atoms with Crippen LogP contribution in [0.5, 0.6) is 0 Å². The van der Waals surface area contributed by atoms with Gasteiger partial charge in [0, 0.05) is 24.3 Å². The highest BCUT2D eigenvalue weighted by molar-refractivity contribution is 7.99. The molecule has 1 aromatic rings. The van der Waals surface area contributed by atoms with Crippen LogP contribution in [0.15, 0.2) is 41.3 Å². The molecule has 1 aromatic carbocycles. The van der Waals surface area contributed by atoms with Crippen molar-refractivity contribution >= 4 is 29.6 Å². The number of carbonyl (C=O) groups excluding carboxylic acids is 1. The highest BCUT2D eigenvalue weighted by atomic mass is 32.2. The third-order valence-corrected chi connectivity index (χ3v) is 5.91. The number of carbonyl (C=O) groups is 3. The van der Waals surface area contributed by atoms with Crippen molar-refractivity contribution in [1.29, 1.82) is 0 Å². The summed E-state index contributed by atoms with van der Waals surface area (Å²) in [6.07, 6.45) is 9.07. The minimum absolute atomic E-state index is 0.0640. The summed E-state index contributed by atoms with van der Waals surface area (Å²) in [5, 5.41) is 28.0. The fourth-order valence-electron chi connectivity index (χ4n) is 3.45. The van der Waals surface area contributed by atoms with Gasteiger partial charge < -0.3 is 20.2 Å². The summed E-state index contributed by atoms with van der Waals surface area (Å²) in [4.78, 5) is 36.5. The van der Waals surface area contributed by atoms with E-state index < -0.39 is 17.4 Å². The van der Waals surface area contributed by atoms with Crippen molar-refractivity contribution in [1.82, 2.24) is 4.90 Å². The molecule has 164 valence electrons. The van der Waals surface area contributed by atoms with Gasteiger partial charge in [0.2, 0.25) is 5.91 Å². The van der Waals surface area contributed by atoms with Gasteiger partial charge >= 0.3 is 11.9 Å². The topological polar surface area (TPSA) is 115 Å². The van der Waals surface area contributed by atoms with Gasteiger partial charge in [-0.15, -0.1) is 0 Å². The number of hydrogen-bond acceptors (Lipinski definition) is 5. The third-order valence-electron chi connectivity index (χ3n) is 4.99. The number of aliphatic carboxylic acids is 1. The molecule has 2 unspecified atom stereocenters. The summed E-state index contributed by atoms with van der Waals surface area (Å²) in [6.45, 7) is 0.630. The van der Waals surface area contributed by atoms with Crippen LogP contribution in [0.2, 0.25) is 0 Å². The van der Waals surface area contributed by atoms with Crippen LogP contribution in [-0.2, 0) is 9.59 Å². The number of amides is 1. The van der Waals surface area contributed by atoms with E-state index >= 15 is 0 Å². The number of aliphatic hydroxyl groups excluding tert-OH is 1. The maximum absolute atomic E-state index is 12.3. The molecule has 3 N–H and O–H groups in total. The molecule has 1 heterocycles. The molecule has 0 saturated carbocycles. The number of benzene rings is 1. The van der Waals surface area contributed by atoms with E-state index in [1.807, 2.05) is 11.0 Å². The second-order valence-electron chi connectivity index (χ2n) is 7.33. The molecular formula is C22H29NO6S. The Morgan fingerprint density at radius 3 is 2.70 bits per heavy atom. The highest BCUT2D eigenvalue weighted by Crippen LogP contribution is 2.25. The molecule has 0 aliphatic carbocycles. The molecule has 1 amide bonds. The first-order chi connectivity index (χ1) is 14.4. The van der Waals surface area contributed by atoms with E-state index in [1.165, 1.54) is 12.1 Å². The van der Waals surface area contributed by atoms with E-state index in [9.17, 15) is 19.5 Å². The molecule has 2 rings (SSSR count). The number of aromatic carboxylic acids is 1. The lowest BCUT2D eigenvalue weighted by molar-refractivity contribution is -0.137. The Hall–Kier alpha value is -2.32. The van der Waals surface area contributed by atoms with E-state index in [1.54, 1.807) is 18.2 Å². The molecule has 7 nitrogen and oxygen atoms in total. The van der Waals surface area contributed by atoms with Crippen LogP contribution in [0.3, 0.4) is 0 Å². The Bertz CT molecular complexity index is 766. The van der Waals surface area contributed by atoms with E-state index in [4.69, 9.17) is 10.2 Å². The van der Waals surface area contributed by atoms with Crippen LogP contribution in [0.25, 0.3) is 0 Å². The first kappa shape index (κ1) is 24.0. The molecular weight excluding hydrogens is 406 g/mol. The maximum atomic E-state index is 12.3. The molecule has 0 spiro atoms. The first-order valence-corrected chi connectivity index (χ1v) is 11.1. The molecule has 0 aromatic heterocycles. The summed E-state index contributed by atoms with van der Waals surface area (Å²) in [7, 11) is 0. The van der Waals surface area contributed by atoms with Crippen molar-refractivity contribution in [2.24, 2.45) is 0 Å². The fraction of sp³-hybridized carbons (Fsp3) is 0.500. The Labute approximate surface area is 180 Å². The van der Waals surface area contributed by atoms with Gasteiger partial charge in [0.05, 0.1) is 11.6 Å². The van der Waals surface area contributed by atoms with Crippen molar-refractivity contribution in [2.45, 2.75) is 67.7 Å². The largest absolute Gasteiger partial charge is 0.481 e. The van der Waals surface area contributed by atoms with Crippen LogP contribution in [-0.4, -0.2) is 56.1 Å². The number of hydrogen-bond donors (Lipinski definition) is 3. The average molecular weight is 436 g/mol. The number of unbranched alkanes of at least 4 members (excludes halogenated alkanes) is 3. The number of rotatable bonds is 12. The molecule has 1 aliphatic rings. The van der Waals surface area contributed by atoms with Crippen LogP contribution in [0.4, 0.5) is 0 Å². The molecule has 8 heteroatoms. The average Bonchev–Trinajstić information content (AvgIpc) is 2.70. The van der Waals surface area contributed by atoms with Gasteiger partial charge in [0.1, 0.15) is 5.44 Å². The van der Waals surface area contributed by atoms with Gasteiger partial charge in [-0.2, -0.15) is 0 Å². The minimum Gasteiger partial charge on any atom is -0.481 e. The number of carboxylic acids is 2. The Kier molecular flexibility index (Phi) is 9.89. The SMILES string of the molecule is O=C(O)CCCCCCN1C(=O)CCCC1C=CC(O)Sc1cccc(C(=O)O)c1. The van der Waals surface area contributed by atoms with Crippen LogP contribution >= 0.6 is 11.8 Å². The normalized spacial score (nSPS) is 18.0. The lowest BCUT2D eigenvalue weighted by atomic mass is 10.00. The van der Waals surface area contributed by atoms with Crippen molar-refractivity contribution in [2.75, 3.05) is 6.54 Å². The lowest BCUT2D eigenvalue weighted by Gasteiger charge is -2.34. The molecule has 30 heavy (non-hydrogen) atoms. The number of thioether (sulfide) groups is 1. The number of piperidine rings is 1. The second kappa shape index (κ2) is 12.4. The van der Waals surface area contributed by atoms with Crippen molar-refractivity contribution in [3.8, 4) is 0 Å². The lowest BCUT2D eigenvalue weighted by Crippen LogP contribution is -2.43. The van der Waals surface area contributed by atoms with Gasteiger partial charge in [-0.3, -0.25) is 9.59 Å². The predicted molar refractivity (Wildman–Crippen MR) is 114 cm³/mol. The smallest absolute Gasteiger partial charge is 0.335 e. The number of likely N-dealkylation sites (tertiary alicyclic amines) is 1. The maximum Gasteiger partial charge on any atom is 0.335 e. The third kappa shape index (κ3) is 8.20. The molecule has 0 bridgehead atoms. The summed E-state index contributed by atoms with van der Waals surface area (Å²) < 4.78 is 0. The van der Waals surface area contributed by atoms with E-state index in [0.717, 1.165) is 43.9 Å². The Morgan fingerprint density at radius 2 is 1.97 bits per heavy atom. The van der Waals surface area contributed by atoms with E-state index in [0.29, 0.717) is 24.3 Å². The van der Waals surface area contributed by atoms with Crippen molar-refractivity contribution in [3.63, 3.8) is 0 Å². The Balaban J connectivity index is 1.86. The van der Waals surface area contributed by atoms with Crippen LogP contribution in [0, 0.1) is 0 Å². The standard InChI is InChI=1S/C22H29NO6S/c24-19-10-6-8-17(23(19)14-4-2-1-3-11-20(25)26)12-13-21(27)30-18-9-5-7-16(15-18)22(28)29/h5,7,9,12-13,15,17,21,27H,1-4,6,8,10-11,14H2,(H,25,26)(H,28,29). The molecule has 1 fully saturated rings. The van der Waals surface area contributed by atoms with Crippen molar-refractivity contribution in [3.05, 3.63) is 42.0 Å². The zero-order valence-corrected chi connectivity index (χ0v) is 17.7. The Morgan fingerprint density at radius 1 is 1.20 bits per heavy atom. The first-order valence-electron chi connectivity index (χ1n) is 10.2. The molecule has 1 aliphatic heterocycles. The van der Waals surface area contributed by atoms with Gasteiger partial charge in [-0.25, -0.2) is 4.79 Å². The highest BCUT2D eigenvalue weighted by Gasteiger charge is 2.25. The van der Waals surface area contributed by atoms with Gasteiger partial charge in [0.15, 0.2) is 0 Å². The van der Waals surface area contributed by atoms with Crippen LogP contribution in [0.1, 0.15) is 61.7 Å². The van der Waals surface area contributed by atoms with E-state index in [2.05, 4.69) is 0 Å². The second-order valence-corrected chi connectivity index (χ2v) is 8.52. The van der Waals surface area contributed by atoms with Crippen molar-refractivity contribution < 1.29 is 29.7 Å². The quantitative estimate of drug-likeness (QED) is 0.198. The monoisotopic (exact) mass is 435 g/mol. The van der Waals surface area contributed by atoms with Gasteiger partial charge in [-0.05, 0) is 50.0 Å². The molecule has 1 saturated heterocycles. The predicted octanol–water partition coefficient (Wildman–Crippen LogP) is 3.77. The zero-order chi connectivity index (χ0) is 21.9. The fourth-order valence-corrected chi connectivity index (χ4v) is 4.25. The number of carboxylic acid groups (broad SMARTS) is 2. The summed E-state index contributed by atoms with van der Waals surface area (Å²) in [5.74, 6) is -1.68. The molecule has 0 radical (unpaired) electrons. The van der Waals surface area contributed by atoms with Crippen LogP contribution < -0.4 is 0 Å². The minimum atomic E-state index is -1.01. The zero-order valence-electron chi connectivity index (χ0n) is 16.9. The summed E-state index contributed by atoms with van der Waals surface area (Å²) in [6, 6.07) is 6.34. The summed E-state index contributed by atoms with van der Waals surface area (Å²) >= 11 is 1.15. The number of aliphatic hydroxyl groups is 1. The van der Waals surface area contributed by atoms with Gasteiger partial charge in [0.25, 0.3) is 0 Å². The molecule has 2 atom stereocenters. The van der Waals surface area contributed by atoms with E-state index in [-0.39, 0.29) is 23.9 Å². The van der Waals surface area contributed by atoms with Gasteiger partial charge in [-0.1, -0.05) is 36.7 Å². The summed E-state index contributed by atoms with van der Waals surface area (Å²) in [5.41, 5.74) is -0.674. The number of nitrogens with zero attached hydrogens (tertiary/aromatic N) is 1.